The smallest absolute Gasteiger partial charge is 0.241 e. The second-order valence-electron chi connectivity index (χ2n) is 7.87. The van der Waals surface area contributed by atoms with Crippen molar-refractivity contribution in [1.82, 2.24) is 5.32 Å². The summed E-state index contributed by atoms with van der Waals surface area (Å²) in [5.41, 5.74) is 3.52. The van der Waals surface area contributed by atoms with E-state index in [2.05, 4.69) is 25.2 Å². The van der Waals surface area contributed by atoms with Gasteiger partial charge in [-0.05, 0) is 73.0 Å². The van der Waals surface area contributed by atoms with Gasteiger partial charge in [0.15, 0.2) is 0 Å². The number of nitrogens with zero attached hydrogens (tertiary/aromatic N) is 1. The van der Waals surface area contributed by atoms with Gasteiger partial charge in [-0.25, -0.2) is 8.42 Å². The van der Waals surface area contributed by atoms with Gasteiger partial charge in [0.25, 0.3) is 0 Å². The van der Waals surface area contributed by atoms with Crippen LogP contribution in [0.2, 0.25) is 0 Å². The van der Waals surface area contributed by atoms with Crippen LogP contribution in [0.5, 0.6) is 5.75 Å². The van der Waals surface area contributed by atoms with E-state index in [1.54, 1.807) is 25.3 Å². The van der Waals surface area contributed by atoms with Gasteiger partial charge in [-0.2, -0.15) is 0 Å². The molecule has 0 unspecified atom stereocenters. The third-order valence-corrected chi connectivity index (χ3v) is 6.98. The Labute approximate surface area is 190 Å². The highest BCUT2D eigenvalue weighted by Crippen LogP contribution is 2.32. The van der Waals surface area contributed by atoms with Crippen LogP contribution >= 0.6 is 11.8 Å². The van der Waals surface area contributed by atoms with Crippen molar-refractivity contribution < 1.29 is 17.9 Å². The molecule has 170 valence electrons. The van der Waals surface area contributed by atoms with E-state index in [9.17, 15) is 13.2 Å². The normalized spacial score (nSPS) is 12.5. The summed E-state index contributed by atoms with van der Waals surface area (Å²) >= 11 is 1.51. The molecule has 2 aromatic rings. The van der Waals surface area contributed by atoms with E-state index in [0.717, 1.165) is 37.9 Å². The van der Waals surface area contributed by atoms with Crippen molar-refractivity contribution in [1.29, 1.82) is 0 Å². The third-order valence-electron chi connectivity index (χ3n) is 5.11. The molecule has 0 fully saturated rings. The van der Waals surface area contributed by atoms with E-state index >= 15 is 0 Å². The molecule has 0 radical (unpaired) electrons. The Morgan fingerprint density at radius 1 is 1.16 bits per heavy atom. The number of sulfonamides is 1. The monoisotopic (exact) mass is 464 g/mol. The fourth-order valence-corrected chi connectivity index (χ4v) is 4.77. The van der Waals surface area contributed by atoms with Crippen molar-refractivity contribution in [3.63, 3.8) is 0 Å². The predicted octanol–water partition coefficient (Wildman–Crippen LogP) is 4.49. The third kappa shape index (κ3) is 6.40. The van der Waals surface area contributed by atoms with Gasteiger partial charge in [0.1, 0.15) is 12.3 Å². The summed E-state index contributed by atoms with van der Waals surface area (Å²) in [5, 5.41) is 2.95. The summed E-state index contributed by atoms with van der Waals surface area (Å²) in [6.07, 6.45) is 3.03. The lowest BCUT2D eigenvalue weighted by molar-refractivity contribution is -0.120. The lowest BCUT2D eigenvalue weighted by Crippen LogP contribution is -2.41. The average Bonchev–Trinajstić information content (AvgIpc) is 2.70. The van der Waals surface area contributed by atoms with Crippen LogP contribution in [0.15, 0.2) is 41.3 Å². The van der Waals surface area contributed by atoms with Gasteiger partial charge >= 0.3 is 0 Å². The summed E-state index contributed by atoms with van der Waals surface area (Å²) in [4.78, 5) is 13.7. The molecule has 0 aliphatic heterocycles. The topological polar surface area (TPSA) is 75.7 Å². The molecule has 0 saturated carbocycles. The van der Waals surface area contributed by atoms with Crippen LogP contribution in [-0.4, -0.2) is 40.5 Å². The zero-order valence-electron chi connectivity index (χ0n) is 19.2. The van der Waals surface area contributed by atoms with Crippen LogP contribution in [0.1, 0.15) is 49.4 Å². The number of carbonyl (C=O) groups is 1. The van der Waals surface area contributed by atoms with Crippen LogP contribution in [0, 0.1) is 6.92 Å². The number of rotatable bonds is 9. The Morgan fingerprint density at radius 2 is 1.84 bits per heavy atom. The van der Waals surface area contributed by atoms with Gasteiger partial charge in [0.05, 0.1) is 25.1 Å². The quantitative estimate of drug-likeness (QED) is 0.553. The first kappa shape index (κ1) is 25.1. The second-order valence-corrected chi connectivity index (χ2v) is 10.7. The number of hydrogen-bond acceptors (Lipinski definition) is 5. The molecule has 0 heterocycles. The number of nitrogens with one attached hydrogen (secondary N) is 1. The number of carbonyl (C=O) groups excluding carboxylic acids is 1. The maximum atomic E-state index is 12.8. The number of amides is 1. The summed E-state index contributed by atoms with van der Waals surface area (Å²) in [7, 11) is -1.98. The van der Waals surface area contributed by atoms with Crippen molar-refractivity contribution in [2.45, 2.75) is 44.6 Å². The van der Waals surface area contributed by atoms with E-state index in [0.29, 0.717) is 5.69 Å². The number of ether oxygens (including phenoxy) is 1. The highest BCUT2D eigenvalue weighted by Gasteiger charge is 2.23. The molecule has 6 nitrogen and oxygen atoms in total. The molecule has 0 bridgehead atoms. The number of hydrogen-bond donors (Lipinski definition) is 1. The van der Waals surface area contributed by atoms with E-state index in [1.807, 2.05) is 32.2 Å². The van der Waals surface area contributed by atoms with Gasteiger partial charge in [0.2, 0.25) is 15.9 Å². The Hall–Kier alpha value is -2.19. The van der Waals surface area contributed by atoms with E-state index < -0.39 is 10.0 Å². The van der Waals surface area contributed by atoms with Gasteiger partial charge in [-0.3, -0.25) is 9.10 Å². The predicted molar refractivity (Wildman–Crippen MR) is 129 cm³/mol. The average molecular weight is 465 g/mol. The molecule has 0 saturated heterocycles. The number of benzene rings is 2. The van der Waals surface area contributed by atoms with Crippen LogP contribution < -0.4 is 14.4 Å². The van der Waals surface area contributed by atoms with Gasteiger partial charge in [0, 0.05) is 4.90 Å². The van der Waals surface area contributed by atoms with Crippen LogP contribution in [0.25, 0.3) is 0 Å². The molecule has 1 N–H and O–H groups in total. The molecule has 0 aromatic heterocycles. The molecular weight excluding hydrogens is 432 g/mol. The standard InChI is InChI=1S/C23H32N2O4S2/c1-15(2)20-13-21(16(3)11-22(20)29-5)17(4)24-23(26)14-25(31(7,27)28)18-9-8-10-19(12-18)30-6/h8-13,15,17H,14H2,1-7H3,(H,24,26)/t17-/m1/s1. The first-order valence-corrected chi connectivity index (χ1v) is 13.1. The first-order chi connectivity index (χ1) is 14.5. The molecule has 2 rings (SSSR count). The minimum absolute atomic E-state index is 0.265. The molecule has 1 atom stereocenters. The fraction of sp³-hybridized carbons (Fsp3) is 0.435. The lowest BCUT2D eigenvalue weighted by Gasteiger charge is -2.25. The van der Waals surface area contributed by atoms with Gasteiger partial charge in [-0.1, -0.05) is 19.9 Å². The Morgan fingerprint density at radius 3 is 2.39 bits per heavy atom. The Kier molecular flexibility index (Phi) is 8.42. The molecule has 0 aliphatic rings. The fourth-order valence-electron chi connectivity index (χ4n) is 3.47. The highest BCUT2D eigenvalue weighted by molar-refractivity contribution is 7.98. The summed E-state index contributed by atoms with van der Waals surface area (Å²) in [5.74, 6) is 0.724. The molecule has 8 heteroatoms. The van der Waals surface area contributed by atoms with Crippen LogP contribution in [0.4, 0.5) is 5.69 Å². The van der Waals surface area contributed by atoms with Crippen molar-refractivity contribution >= 4 is 33.4 Å². The Balaban J connectivity index is 2.26. The number of aryl methyl sites for hydroxylation is 1. The zero-order chi connectivity index (χ0) is 23.3. The van der Waals surface area contributed by atoms with Gasteiger partial charge < -0.3 is 10.1 Å². The van der Waals surface area contributed by atoms with Gasteiger partial charge in [-0.15, -0.1) is 11.8 Å². The minimum atomic E-state index is -3.63. The number of methoxy groups -OCH3 is 1. The van der Waals surface area contributed by atoms with Crippen molar-refractivity contribution in [2.24, 2.45) is 0 Å². The molecule has 2 aromatic carbocycles. The number of thioether (sulfide) groups is 1. The van der Waals surface area contributed by atoms with Crippen LogP contribution in [0.3, 0.4) is 0 Å². The molecule has 0 aliphatic carbocycles. The minimum Gasteiger partial charge on any atom is -0.496 e. The highest BCUT2D eigenvalue weighted by atomic mass is 32.2. The van der Waals surface area contributed by atoms with Crippen molar-refractivity contribution in [2.75, 3.05) is 30.5 Å². The SMILES string of the molecule is COc1cc(C)c([C@@H](C)NC(=O)CN(c2cccc(SC)c2)S(C)(=O)=O)cc1C(C)C. The largest absolute Gasteiger partial charge is 0.496 e. The van der Waals surface area contributed by atoms with Crippen molar-refractivity contribution in [3.8, 4) is 5.75 Å². The second kappa shape index (κ2) is 10.4. The number of anilines is 1. The first-order valence-electron chi connectivity index (χ1n) is 10.1. The molecule has 1 amide bonds. The lowest BCUT2D eigenvalue weighted by atomic mass is 9.93. The maximum Gasteiger partial charge on any atom is 0.241 e. The molecular formula is C23H32N2O4S2. The summed E-state index contributed by atoms with van der Waals surface area (Å²) < 4.78 is 31.4. The molecule has 31 heavy (non-hydrogen) atoms. The zero-order valence-corrected chi connectivity index (χ0v) is 20.9. The maximum absolute atomic E-state index is 12.8. The van der Waals surface area contributed by atoms with E-state index in [4.69, 9.17) is 4.74 Å². The molecule has 0 spiro atoms. The summed E-state index contributed by atoms with van der Waals surface area (Å²) in [6, 6.07) is 10.9. The summed E-state index contributed by atoms with van der Waals surface area (Å²) in [6.45, 7) is 7.77. The van der Waals surface area contributed by atoms with Crippen LogP contribution in [-0.2, 0) is 14.8 Å². The van der Waals surface area contributed by atoms with Crippen molar-refractivity contribution in [3.05, 3.63) is 53.1 Å². The Bertz CT molecular complexity index is 1040. The van der Waals surface area contributed by atoms with E-state index in [1.165, 1.54) is 11.8 Å². The van der Waals surface area contributed by atoms with E-state index in [-0.39, 0.29) is 24.4 Å².